The van der Waals surface area contributed by atoms with Gasteiger partial charge in [0.1, 0.15) is 18.3 Å². The van der Waals surface area contributed by atoms with Gasteiger partial charge in [0.15, 0.2) is 41.9 Å². The third kappa shape index (κ3) is 23.8. The molecule has 3 saturated carbocycles. The summed E-state index contributed by atoms with van der Waals surface area (Å²) in [6.45, 7) is 41.3. The third-order valence-corrected chi connectivity index (χ3v) is 22.6. The normalized spacial score (nSPS) is 26.7. The predicted molar refractivity (Wildman–Crippen MR) is 372 cm³/mol. The molecule has 3 aliphatic carbocycles. The molecular weight excluding hydrogens is 1470 g/mol. The summed E-state index contributed by atoms with van der Waals surface area (Å²) in [6.07, 6.45) is -28.0. The van der Waals surface area contributed by atoms with Gasteiger partial charge >= 0.3 is 72.5 Å². The molecule has 109 heavy (non-hydrogen) atoms. The highest BCUT2D eigenvalue weighted by molar-refractivity contribution is 6.03. The average Bonchev–Trinajstić information content (AvgIpc) is 1.53. The van der Waals surface area contributed by atoms with Crippen molar-refractivity contribution in [3.05, 3.63) is 35.4 Å². The van der Waals surface area contributed by atoms with E-state index in [0.717, 1.165) is 26.7 Å². The Morgan fingerprint density at radius 1 is 0.541 bits per heavy atom. The topological polar surface area (TPSA) is 238 Å². The van der Waals surface area contributed by atoms with Gasteiger partial charge in [0, 0.05) is 24.7 Å². The lowest BCUT2D eigenvalue weighted by molar-refractivity contribution is -0.315. The molecule has 1 aromatic rings. The van der Waals surface area contributed by atoms with Crippen LogP contribution in [-0.2, 0) is 101 Å². The standard InChI is InChI=1S/C22H26F6O9.C18H23F3O6.C15H24.C14H28O2.C9H15F3O2/c1-4-19(2,3)18(31)34-12-10-11(32-15(12)30)13-16(33-10)37-20(36-13)7-5-9(6-8-20)14(29)35-17(21(23,24)25)22(26,27)28;1-5-16(3,4)13(22)26-11-9-6-10-12(11)27-15(24)17(10,7-9)14(23)25-8(2)18(19,20)21;1-7-15(5,6)13-10-8-12(9-11-13)14(2,3)4;1-6-9-10-12(7-2)11-16-13(15)14(4,5)8-3;1-5-8(3,4)7(13)14-6(2)9(10,11)12/h9-13,16-17H,4-8H2,1-3H3;8-12H,5-7H2,1-4H3;8-11H,7H2,1-6H3;12H,6-11H2,1-5H3;6H,5H2,1-4H3. The molecule has 0 N–H and O–H groups in total. The zero-order valence-electron chi connectivity index (χ0n) is 67.0. The van der Waals surface area contributed by atoms with Crippen LogP contribution in [0.25, 0.3) is 0 Å². The summed E-state index contributed by atoms with van der Waals surface area (Å²) in [4.78, 5) is 97.1. The van der Waals surface area contributed by atoms with Gasteiger partial charge in [0.05, 0.1) is 34.2 Å². The lowest BCUT2D eigenvalue weighted by Gasteiger charge is -2.36. The molecule has 1 spiro atoms. The molecule has 7 fully saturated rings. The fourth-order valence-electron chi connectivity index (χ4n) is 12.4. The van der Waals surface area contributed by atoms with E-state index in [1.165, 1.54) is 36.8 Å². The number of benzene rings is 1. The molecule has 4 heterocycles. The molecule has 1 aromatic carbocycles. The van der Waals surface area contributed by atoms with Crippen molar-refractivity contribution in [1.29, 1.82) is 0 Å². The highest BCUT2D eigenvalue weighted by atomic mass is 19.4. The summed E-state index contributed by atoms with van der Waals surface area (Å²) < 4.78 is 208. The molecule has 0 amide bonds. The second-order valence-electron chi connectivity index (χ2n) is 33.7. The van der Waals surface area contributed by atoms with Crippen LogP contribution in [-0.4, -0.2) is 146 Å². The molecule has 4 aliphatic heterocycles. The first-order valence-corrected chi connectivity index (χ1v) is 37.7. The summed E-state index contributed by atoms with van der Waals surface area (Å²) in [5.74, 6) is -9.40. The molecule has 2 bridgehead atoms. The number of hydrogen-bond acceptors (Lipinski definition) is 19. The maximum atomic E-state index is 12.7. The smallest absolute Gasteiger partial charge is 0.434 e. The van der Waals surface area contributed by atoms with E-state index < -0.39 is 167 Å². The second-order valence-corrected chi connectivity index (χ2v) is 33.7. The summed E-state index contributed by atoms with van der Waals surface area (Å²) in [5.41, 5.74) is -1.05. The molecule has 13 atom stereocenters. The van der Waals surface area contributed by atoms with Gasteiger partial charge in [-0.3, -0.25) is 33.6 Å². The number of halogens is 12. The van der Waals surface area contributed by atoms with Gasteiger partial charge in [-0.15, -0.1) is 0 Å². The largest absolute Gasteiger partial charge is 0.465 e. The fraction of sp³-hybridized carbons (Fsp3) is 0.821. The minimum Gasteiger partial charge on any atom is -0.465 e. The Hall–Kier alpha value is -5.98. The Morgan fingerprint density at radius 2 is 1.02 bits per heavy atom. The van der Waals surface area contributed by atoms with E-state index in [1.807, 2.05) is 27.7 Å². The first-order chi connectivity index (χ1) is 49.7. The van der Waals surface area contributed by atoms with Crippen LogP contribution in [0.15, 0.2) is 24.3 Å². The molecule has 0 radical (unpaired) electrons. The quantitative estimate of drug-likeness (QED) is 0.0428. The van der Waals surface area contributed by atoms with Crippen molar-refractivity contribution >= 4 is 47.8 Å². The summed E-state index contributed by atoms with van der Waals surface area (Å²) in [5, 5.41) is 0. The number of carbonyl (C=O) groups is 8. The number of ether oxygens (including phenoxy) is 11. The molecular formula is C78H116F12O19. The third-order valence-electron chi connectivity index (χ3n) is 22.6. The molecule has 13 unspecified atom stereocenters. The number of rotatable bonds is 23. The minimum atomic E-state index is -5.80. The molecule has 7 aliphatic rings. The number of unbranched alkanes of at least 4 members (excludes halogenated alkanes) is 1. The van der Waals surface area contributed by atoms with Crippen LogP contribution in [0.1, 0.15) is 260 Å². The number of alkyl halides is 12. The molecule has 0 aromatic heterocycles. The first-order valence-electron chi connectivity index (χ1n) is 37.7. The first kappa shape index (κ1) is 95.4. The van der Waals surface area contributed by atoms with Crippen molar-refractivity contribution in [3.8, 4) is 0 Å². The van der Waals surface area contributed by atoms with Gasteiger partial charge in [-0.1, -0.05) is 127 Å². The van der Waals surface area contributed by atoms with Crippen LogP contribution in [0.3, 0.4) is 0 Å². The summed E-state index contributed by atoms with van der Waals surface area (Å²) in [7, 11) is 0. The van der Waals surface area contributed by atoms with Crippen molar-refractivity contribution in [3.63, 3.8) is 0 Å². The monoisotopic (exact) mass is 1580 g/mol. The van der Waals surface area contributed by atoms with E-state index >= 15 is 0 Å². The zero-order valence-corrected chi connectivity index (χ0v) is 67.0. The van der Waals surface area contributed by atoms with Crippen LogP contribution in [0.4, 0.5) is 52.7 Å². The van der Waals surface area contributed by atoms with E-state index in [4.69, 9.17) is 37.9 Å². The Morgan fingerprint density at radius 3 is 1.48 bits per heavy atom. The predicted octanol–water partition coefficient (Wildman–Crippen LogP) is 17.9. The Labute approximate surface area is 632 Å². The summed E-state index contributed by atoms with van der Waals surface area (Å²) in [6, 6.07) is 9.10. The Balaban J connectivity index is 0.000000306. The molecule has 8 rings (SSSR count). The highest BCUT2D eigenvalue weighted by Crippen LogP contribution is 2.63. The molecule has 4 saturated heterocycles. The van der Waals surface area contributed by atoms with E-state index in [9.17, 15) is 91.0 Å². The van der Waals surface area contributed by atoms with Gasteiger partial charge in [-0.25, -0.2) is 4.79 Å². The van der Waals surface area contributed by atoms with E-state index in [1.54, 1.807) is 55.4 Å². The van der Waals surface area contributed by atoms with Gasteiger partial charge in [-0.2, -0.15) is 52.7 Å². The number of carbonyl (C=O) groups excluding carboxylic acids is 8. The van der Waals surface area contributed by atoms with Crippen LogP contribution in [0.5, 0.6) is 0 Å². The van der Waals surface area contributed by atoms with Crippen molar-refractivity contribution in [2.75, 3.05) is 6.61 Å². The number of hydrogen-bond donors (Lipinski definition) is 0. The number of esters is 8. The fourth-order valence-corrected chi connectivity index (χ4v) is 12.4. The maximum absolute atomic E-state index is 12.7. The molecule has 19 nitrogen and oxygen atoms in total. The van der Waals surface area contributed by atoms with Crippen LogP contribution in [0, 0.1) is 50.7 Å². The highest BCUT2D eigenvalue weighted by Gasteiger charge is 2.76. The Bertz CT molecular complexity index is 3220. The SMILES string of the molecule is CCC(C)(C)C(=O)OC(C)C(F)(F)F.CCC(C)(C)C(=O)OC1C(=O)OC2C3OC4(CCC(C(=O)OC(C(F)(F)F)C(F)(F)F)CC4)OC3OC12.CCC(C)(C)C(=O)OC1C2CC3C1OC(=O)C3(C(=O)OC(C)C(F)(F)F)C2.CCC(C)(C)c1ccc(C(C)(C)C)cc1.CCCCC(CC)COC(=O)C(C)(C)CC. The van der Waals surface area contributed by atoms with Crippen molar-refractivity contribution in [2.24, 2.45) is 50.7 Å². The van der Waals surface area contributed by atoms with Crippen molar-refractivity contribution in [1.82, 2.24) is 0 Å². The molecule has 626 valence electrons. The van der Waals surface area contributed by atoms with Crippen LogP contribution >= 0.6 is 0 Å². The van der Waals surface area contributed by atoms with E-state index in [2.05, 4.69) is 93.9 Å². The second kappa shape index (κ2) is 36.4. The average molecular weight is 1590 g/mol. The lowest BCUT2D eigenvalue weighted by Crippen LogP contribution is -2.48. The van der Waals surface area contributed by atoms with Gasteiger partial charge in [0.2, 0.25) is 6.10 Å². The lowest BCUT2D eigenvalue weighted by atomic mass is 9.73. The van der Waals surface area contributed by atoms with Gasteiger partial charge in [-0.05, 0) is 161 Å². The van der Waals surface area contributed by atoms with E-state index in [-0.39, 0.29) is 54.8 Å². The minimum absolute atomic E-state index is 0.0269. The van der Waals surface area contributed by atoms with Gasteiger partial charge < -0.3 is 52.1 Å². The van der Waals surface area contributed by atoms with Crippen molar-refractivity contribution < 1.29 is 143 Å². The van der Waals surface area contributed by atoms with E-state index in [0.29, 0.717) is 43.6 Å². The van der Waals surface area contributed by atoms with Gasteiger partial charge in [0.25, 0.3) is 6.10 Å². The Kier molecular flexibility index (Phi) is 31.9. The van der Waals surface area contributed by atoms with Crippen molar-refractivity contribution in [2.45, 2.75) is 351 Å². The zero-order chi connectivity index (χ0) is 83.8. The maximum Gasteiger partial charge on any atom is 0.434 e. The van der Waals surface area contributed by atoms with Crippen LogP contribution in [0.2, 0.25) is 0 Å². The molecule has 31 heteroatoms. The van der Waals surface area contributed by atoms with Crippen LogP contribution < -0.4 is 0 Å². The number of fused-ring (bicyclic) bond motifs is 4. The summed E-state index contributed by atoms with van der Waals surface area (Å²) >= 11 is 0.